The van der Waals surface area contributed by atoms with Crippen LogP contribution in [0.1, 0.15) is 27.9 Å². The van der Waals surface area contributed by atoms with Crippen molar-refractivity contribution in [2.45, 2.75) is 19.5 Å². The van der Waals surface area contributed by atoms with Crippen molar-refractivity contribution in [1.29, 1.82) is 0 Å². The van der Waals surface area contributed by atoms with Gasteiger partial charge in [-0.25, -0.2) is 4.79 Å². The number of aromatic carboxylic acids is 1. The molecule has 0 bridgehead atoms. The molecule has 21 heavy (non-hydrogen) atoms. The van der Waals surface area contributed by atoms with Crippen LogP contribution in [0.25, 0.3) is 0 Å². The topological polar surface area (TPSA) is 77.9 Å². The molecule has 6 heteroatoms. The highest BCUT2D eigenvalue weighted by molar-refractivity contribution is 5.90. The number of carboxylic acids is 1. The smallest absolute Gasteiger partial charge is 0.335 e. The van der Waals surface area contributed by atoms with Crippen molar-refractivity contribution in [2.75, 3.05) is 13.6 Å². The summed E-state index contributed by atoms with van der Waals surface area (Å²) in [5.74, 6) is -1.28. The maximum absolute atomic E-state index is 12.5. The molecule has 6 nitrogen and oxygen atoms in total. The summed E-state index contributed by atoms with van der Waals surface area (Å²) in [6.45, 7) is 1.37. The lowest BCUT2D eigenvalue weighted by molar-refractivity contribution is -0.136. The molecule has 1 aromatic rings. The van der Waals surface area contributed by atoms with Crippen LogP contribution in [0.5, 0.6) is 0 Å². The van der Waals surface area contributed by atoms with Crippen molar-refractivity contribution in [3.05, 3.63) is 34.9 Å². The highest BCUT2D eigenvalue weighted by atomic mass is 16.4. The number of hydrogen-bond acceptors (Lipinski definition) is 3. The molecule has 1 fully saturated rings. The average Bonchev–Trinajstić information content (AvgIpc) is 3.01. The number of benzene rings is 1. The number of carboxylic acid groups (broad SMARTS) is 1. The summed E-state index contributed by atoms with van der Waals surface area (Å²) in [5, 5.41) is 9.00. The van der Waals surface area contributed by atoms with Crippen molar-refractivity contribution in [3.63, 3.8) is 0 Å². The van der Waals surface area contributed by atoms with Crippen LogP contribution in [0.4, 0.5) is 0 Å². The van der Waals surface area contributed by atoms with Gasteiger partial charge in [0.2, 0.25) is 11.8 Å². The highest BCUT2D eigenvalue weighted by Gasteiger charge is 2.36. The van der Waals surface area contributed by atoms with Gasteiger partial charge in [-0.05, 0) is 23.3 Å². The van der Waals surface area contributed by atoms with Gasteiger partial charge in [0.25, 0.3) is 0 Å². The van der Waals surface area contributed by atoms with E-state index in [0.717, 1.165) is 11.1 Å². The van der Waals surface area contributed by atoms with E-state index in [1.807, 2.05) is 0 Å². The fourth-order valence-corrected chi connectivity index (χ4v) is 2.97. The predicted octanol–water partition coefficient (Wildman–Crippen LogP) is 0.705. The molecule has 2 aliphatic rings. The fraction of sp³-hybridized carbons (Fsp3) is 0.400. The Bertz CT molecular complexity index is 641. The van der Waals surface area contributed by atoms with Crippen LogP contribution in [0.2, 0.25) is 0 Å². The zero-order chi connectivity index (χ0) is 15.1. The lowest BCUT2D eigenvalue weighted by Gasteiger charge is -2.19. The van der Waals surface area contributed by atoms with E-state index in [-0.39, 0.29) is 29.7 Å². The van der Waals surface area contributed by atoms with Crippen LogP contribution in [-0.2, 0) is 22.7 Å². The van der Waals surface area contributed by atoms with Crippen LogP contribution < -0.4 is 0 Å². The average molecular weight is 288 g/mol. The molecule has 0 spiro atoms. The van der Waals surface area contributed by atoms with Crippen LogP contribution in [0.3, 0.4) is 0 Å². The van der Waals surface area contributed by atoms with Gasteiger partial charge in [-0.1, -0.05) is 6.07 Å². The van der Waals surface area contributed by atoms with E-state index in [1.54, 1.807) is 35.0 Å². The first-order valence-electron chi connectivity index (χ1n) is 6.83. The van der Waals surface area contributed by atoms with Gasteiger partial charge in [-0.3, -0.25) is 9.59 Å². The Hall–Kier alpha value is -2.37. The molecule has 2 heterocycles. The molecule has 1 atom stereocenters. The molecule has 3 rings (SSSR count). The molecule has 110 valence electrons. The number of hydrogen-bond donors (Lipinski definition) is 1. The Morgan fingerprint density at radius 1 is 1.24 bits per heavy atom. The quantitative estimate of drug-likeness (QED) is 0.869. The van der Waals surface area contributed by atoms with Gasteiger partial charge in [0.05, 0.1) is 11.5 Å². The summed E-state index contributed by atoms with van der Waals surface area (Å²) in [6, 6.07) is 4.94. The molecule has 0 aromatic heterocycles. The van der Waals surface area contributed by atoms with Gasteiger partial charge < -0.3 is 14.9 Å². The van der Waals surface area contributed by atoms with E-state index in [4.69, 9.17) is 5.11 Å². The second kappa shape index (κ2) is 4.87. The molecular formula is C15H16N2O4. The van der Waals surface area contributed by atoms with Crippen LogP contribution >= 0.6 is 0 Å². The van der Waals surface area contributed by atoms with Crippen LogP contribution in [-0.4, -0.2) is 46.3 Å². The van der Waals surface area contributed by atoms with E-state index in [2.05, 4.69) is 0 Å². The fourth-order valence-electron chi connectivity index (χ4n) is 2.97. The molecule has 0 radical (unpaired) electrons. The first kappa shape index (κ1) is 13.6. The monoisotopic (exact) mass is 288 g/mol. The highest BCUT2D eigenvalue weighted by Crippen LogP contribution is 2.27. The first-order valence-corrected chi connectivity index (χ1v) is 6.83. The lowest BCUT2D eigenvalue weighted by atomic mass is 10.1. The Balaban J connectivity index is 1.74. The number of fused-ring (bicyclic) bond motifs is 1. The molecule has 1 aromatic carbocycles. The van der Waals surface area contributed by atoms with Crippen LogP contribution in [0.15, 0.2) is 18.2 Å². The Morgan fingerprint density at radius 3 is 2.57 bits per heavy atom. The van der Waals surface area contributed by atoms with Gasteiger partial charge in [0.15, 0.2) is 0 Å². The zero-order valence-electron chi connectivity index (χ0n) is 11.7. The van der Waals surface area contributed by atoms with E-state index in [0.29, 0.717) is 19.6 Å². The molecule has 1 saturated heterocycles. The summed E-state index contributed by atoms with van der Waals surface area (Å²) in [7, 11) is 1.70. The number of nitrogens with zero attached hydrogens (tertiary/aromatic N) is 2. The Morgan fingerprint density at radius 2 is 1.95 bits per heavy atom. The molecule has 2 aliphatic heterocycles. The number of likely N-dealkylation sites (tertiary alicyclic amines) is 1. The van der Waals surface area contributed by atoms with Crippen molar-refractivity contribution >= 4 is 17.8 Å². The van der Waals surface area contributed by atoms with Crippen molar-refractivity contribution in [3.8, 4) is 0 Å². The molecule has 2 amide bonds. The molecule has 0 saturated carbocycles. The molecule has 1 unspecified atom stereocenters. The minimum atomic E-state index is -0.967. The second-order valence-corrected chi connectivity index (χ2v) is 5.66. The molecule has 0 aliphatic carbocycles. The third-order valence-electron chi connectivity index (χ3n) is 4.18. The van der Waals surface area contributed by atoms with Gasteiger partial charge in [-0.2, -0.15) is 0 Å². The van der Waals surface area contributed by atoms with E-state index >= 15 is 0 Å². The van der Waals surface area contributed by atoms with Gasteiger partial charge in [0.1, 0.15) is 0 Å². The van der Waals surface area contributed by atoms with E-state index < -0.39 is 5.97 Å². The largest absolute Gasteiger partial charge is 0.478 e. The third-order valence-corrected chi connectivity index (χ3v) is 4.18. The maximum atomic E-state index is 12.5. The van der Waals surface area contributed by atoms with E-state index in [9.17, 15) is 14.4 Å². The third kappa shape index (κ3) is 2.37. The Kier molecular flexibility index (Phi) is 3.16. The lowest BCUT2D eigenvalue weighted by Crippen LogP contribution is -2.33. The number of carbonyl (C=O) groups is 3. The predicted molar refractivity (Wildman–Crippen MR) is 73.4 cm³/mol. The SMILES string of the molecule is CN1CC(C(=O)N2Cc3ccc(C(=O)O)cc3C2)CC1=O. The van der Waals surface area contributed by atoms with Crippen LogP contribution in [0, 0.1) is 5.92 Å². The summed E-state index contributed by atoms with van der Waals surface area (Å²) in [5.41, 5.74) is 2.09. The minimum Gasteiger partial charge on any atom is -0.478 e. The van der Waals surface area contributed by atoms with Gasteiger partial charge in [-0.15, -0.1) is 0 Å². The van der Waals surface area contributed by atoms with Gasteiger partial charge in [0, 0.05) is 33.1 Å². The maximum Gasteiger partial charge on any atom is 0.335 e. The minimum absolute atomic E-state index is 0.00164. The number of amides is 2. The van der Waals surface area contributed by atoms with Crippen molar-refractivity contribution in [2.24, 2.45) is 5.92 Å². The van der Waals surface area contributed by atoms with E-state index in [1.165, 1.54) is 0 Å². The second-order valence-electron chi connectivity index (χ2n) is 5.66. The van der Waals surface area contributed by atoms with Crippen molar-refractivity contribution in [1.82, 2.24) is 9.80 Å². The summed E-state index contributed by atoms with van der Waals surface area (Å²) in [6.07, 6.45) is 0.266. The number of rotatable bonds is 2. The number of carbonyl (C=O) groups excluding carboxylic acids is 2. The van der Waals surface area contributed by atoms with Gasteiger partial charge >= 0.3 is 5.97 Å². The first-order chi connectivity index (χ1) is 9.95. The van der Waals surface area contributed by atoms with Crippen molar-refractivity contribution < 1.29 is 19.5 Å². The summed E-state index contributed by atoms with van der Waals surface area (Å²) < 4.78 is 0. The molecular weight excluding hydrogens is 272 g/mol. The summed E-state index contributed by atoms with van der Waals surface area (Å²) in [4.78, 5) is 38.2. The Labute approximate surface area is 122 Å². The normalized spacial score (nSPS) is 20.8. The summed E-state index contributed by atoms with van der Waals surface area (Å²) >= 11 is 0. The standard InChI is InChI=1S/C15H16N2O4/c1-16-6-12(5-13(16)18)14(19)17-7-10-3-2-9(15(20)21)4-11(10)8-17/h2-4,12H,5-8H2,1H3,(H,20,21). The zero-order valence-corrected chi connectivity index (χ0v) is 11.7. The molecule has 1 N–H and O–H groups in total.